The van der Waals surface area contributed by atoms with Crippen LogP contribution in [0.2, 0.25) is 0 Å². The van der Waals surface area contributed by atoms with E-state index in [2.05, 4.69) is 40.2 Å². The molecule has 0 saturated carbocycles. The van der Waals surface area contributed by atoms with Crippen molar-refractivity contribution in [1.82, 2.24) is 0 Å². The highest BCUT2D eigenvalue weighted by molar-refractivity contribution is 9.10. The molecule has 110 valence electrons. The molecule has 1 aliphatic heterocycles. The third kappa shape index (κ3) is 3.06. The Hall–Kier alpha value is -1.52. The molecule has 2 aromatic carbocycles. The number of hydrogen-bond acceptors (Lipinski definition) is 2. The molecular formula is C17H19BrNO2+. The fraction of sp³-hybridized carbons (Fsp3) is 0.294. The van der Waals surface area contributed by atoms with E-state index in [-0.39, 0.29) is 5.75 Å². The van der Waals surface area contributed by atoms with Gasteiger partial charge in [-0.15, -0.1) is 0 Å². The Kier molecular flexibility index (Phi) is 4.17. The van der Waals surface area contributed by atoms with Gasteiger partial charge in [0, 0.05) is 16.5 Å². The summed E-state index contributed by atoms with van der Waals surface area (Å²) in [6.07, 6.45) is 1.09. The largest absolute Gasteiger partial charge is 0.504 e. The summed E-state index contributed by atoms with van der Waals surface area (Å²) < 4.78 is 6.16. The minimum atomic E-state index is 0.257. The Bertz CT molecular complexity index is 657. The molecule has 0 radical (unpaired) electrons. The number of halogens is 1. The minimum absolute atomic E-state index is 0.257. The molecule has 0 aromatic heterocycles. The third-order valence-electron chi connectivity index (χ3n) is 4.09. The maximum absolute atomic E-state index is 10.3. The molecule has 2 aromatic rings. The Labute approximate surface area is 133 Å². The molecule has 3 nitrogen and oxygen atoms in total. The SMILES string of the molecule is COc1cc(Br)cc(C[NH+]2CCc3ccccc3C2)c1O. The number of hydrogen-bond donors (Lipinski definition) is 2. The predicted molar refractivity (Wildman–Crippen MR) is 85.7 cm³/mol. The van der Waals surface area contributed by atoms with Crippen LogP contribution >= 0.6 is 15.9 Å². The van der Waals surface area contributed by atoms with Crippen molar-refractivity contribution in [2.45, 2.75) is 19.5 Å². The van der Waals surface area contributed by atoms with Gasteiger partial charge >= 0.3 is 0 Å². The van der Waals surface area contributed by atoms with Crippen LogP contribution < -0.4 is 9.64 Å². The normalized spacial score (nSPS) is 17.3. The fourth-order valence-corrected chi connectivity index (χ4v) is 3.47. The van der Waals surface area contributed by atoms with E-state index in [9.17, 15) is 5.11 Å². The van der Waals surface area contributed by atoms with Crippen LogP contribution in [-0.2, 0) is 19.5 Å². The molecule has 0 aliphatic carbocycles. The molecule has 0 bridgehead atoms. The van der Waals surface area contributed by atoms with Gasteiger partial charge in [0.05, 0.1) is 19.2 Å². The van der Waals surface area contributed by atoms with Gasteiger partial charge in [0.1, 0.15) is 13.1 Å². The van der Waals surface area contributed by atoms with Crippen LogP contribution in [-0.4, -0.2) is 18.8 Å². The van der Waals surface area contributed by atoms with Crippen LogP contribution in [0.25, 0.3) is 0 Å². The van der Waals surface area contributed by atoms with E-state index >= 15 is 0 Å². The van der Waals surface area contributed by atoms with Crippen molar-refractivity contribution in [3.05, 3.63) is 57.6 Å². The molecule has 0 saturated heterocycles. The van der Waals surface area contributed by atoms with E-state index < -0.39 is 0 Å². The van der Waals surface area contributed by atoms with E-state index in [1.54, 1.807) is 13.2 Å². The molecule has 3 rings (SSSR count). The zero-order valence-electron chi connectivity index (χ0n) is 12.0. The van der Waals surface area contributed by atoms with Crippen molar-refractivity contribution in [3.63, 3.8) is 0 Å². The van der Waals surface area contributed by atoms with Crippen LogP contribution in [0.1, 0.15) is 16.7 Å². The van der Waals surface area contributed by atoms with Crippen molar-refractivity contribution < 1.29 is 14.7 Å². The Morgan fingerprint density at radius 1 is 1.24 bits per heavy atom. The number of aromatic hydroxyl groups is 1. The smallest absolute Gasteiger partial charge is 0.166 e. The van der Waals surface area contributed by atoms with Gasteiger partial charge in [-0.3, -0.25) is 0 Å². The molecule has 1 aliphatic rings. The second-order valence-electron chi connectivity index (χ2n) is 5.49. The maximum Gasteiger partial charge on any atom is 0.166 e. The highest BCUT2D eigenvalue weighted by atomic mass is 79.9. The molecule has 2 N–H and O–H groups in total. The summed E-state index contributed by atoms with van der Waals surface area (Å²) in [5, 5.41) is 10.3. The average Bonchev–Trinajstić information content (AvgIpc) is 2.50. The first kappa shape index (κ1) is 14.4. The first-order chi connectivity index (χ1) is 10.2. The molecular weight excluding hydrogens is 330 g/mol. The number of nitrogens with one attached hydrogen (secondary N) is 1. The molecule has 0 amide bonds. The van der Waals surface area contributed by atoms with E-state index in [0.29, 0.717) is 5.75 Å². The van der Waals surface area contributed by atoms with E-state index in [4.69, 9.17) is 4.74 Å². The van der Waals surface area contributed by atoms with Crippen LogP contribution in [0, 0.1) is 0 Å². The second kappa shape index (κ2) is 6.08. The van der Waals surface area contributed by atoms with Crippen molar-refractivity contribution in [2.75, 3.05) is 13.7 Å². The van der Waals surface area contributed by atoms with Gasteiger partial charge in [-0.25, -0.2) is 0 Å². The van der Waals surface area contributed by atoms with Crippen LogP contribution in [0.15, 0.2) is 40.9 Å². The van der Waals surface area contributed by atoms with E-state index in [0.717, 1.165) is 36.1 Å². The minimum Gasteiger partial charge on any atom is -0.504 e. The number of quaternary nitrogens is 1. The predicted octanol–water partition coefficient (Wildman–Crippen LogP) is 2.30. The lowest BCUT2D eigenvalue weighted by molar-refractivity contribution is -0.929. The Balaban J connectivity index is 1.81. The van der Waals surface area contributed by atoms with Crippen LogP contribution in [0.3, 0.4) is 0 Å². The highest BCUT2D eigenvalue weighted by Gasteiger charge is 2.21. The van der Waals surface area contributed by atoms with Crippen molar-refractivity contribution in [1.29, 1.82) is 0 Å². The van der Waals surface area contributed by atoms with Crippen molar-refractivity contribution >= 4 is 15.9 Å². The standard InChI is InChI=1S/C17H18BrNO2/c1-21-16-9-15(18)8-14(17(16)20)11-19-7-6-12-4-2-3-5-13(12)10-19/h2-5,8-9,20H,6-7,10-11H2,1H3/p+1. The van der Waals surface area contributed by atoms with Gasteiger partial charge in [-0.2, -0.15) is 0 Å². The van der Waals surface area contributed by atoms with Crippen LogP contribution in [0.4, 0.5) is 0 Å². The van der Waals surface area contributed by atoms with Gasteiger partial charge in [0.2, 0.25) is 0 Å². The van der Waals surface area contributed by atoms with Crippen LogP contribution in [0.5, 0.6) is 11.5 Å². The van der Waals surface area contributed by atoms with Gasteiger partial charge in [0.15, 0.2) is 11.5 Å². The van der Waals surface area contributed by atoms with Gasteiger partial charge in [-0.1, -0.05) is 40.2 Å². The van der Waals surface area contributed by atoms with E-state index in [1.807, 2.05) is 6.07 Å². The molecule has 1 heterocycles. The zero-order chi connectivity index (χ0) is 14.8. The average molecular weight is 349 g/mol. The summed E-state index contributed by atoms with van der Waals surface area (Å²) in [7, 11) is 1.58. The number of benzene rings is 2. The maximum atomic E-state index is 10.3. The first-order valence-corrected chi connectivity index (χ1v) is 7.92. The number of phenols is 1. The van der Waals surface area contributed by atoms with Crippen molar-refractivity contribution in [3.8, 4) is 11.5 Å². The second-order valence-corrected chi connectivity index (χ2v) is 6.40. The number of rotatable bonds is 3. The summed E-state index contributed by atoms with van der Waals surface area (Å²) in [5.74, 6) is 0.781. The lowest BCUT2D eigenvalue weighted by atomic mass is 9.99. The topological polar surface area (TPSA) is 33.9 Å². The van der Waals surface area contributed by atoms with Crippen molar-refractivity contribution in [2.24, 2.45) is 0 Å². The summed E-state index contributed by atoms with van der Waals surface area (Å²) in [4.78, 5) is 1.46. The molecule has 0 spiro atoms. The molecule has 0 fully saturated rings. The summed E-state index contributed by atoms with van der Waals surface area (Å²) in [6.45, 7) is 2.89. The van der Waals surface area contributed by atoms with E-state index in [1.165, 1.54) is 16.0 Å². The lowest BCUT2D eigenvalue weighted by Crippen LogP contribution is -3.10. The molecule has 1 atom stereocenters. The Morgan fingerprint density at radius 3 is 2.76 bits per heavy atom. The number of phenolic OH excluding ortho intramolecular Hbond substituents is 1. The number of ether oxygens (including phenoxy) is 1. The Morgan fingerprint density at radius 2 is 2.00 bits per heavy atom. The monoisotopic (exact) mass is 348 g/mol. The summed E-state index contributed by atoms with van der Waals surface area (Å²) in [5.41, 5.74) is 3.80. The number of fused-ring (bicyclic) bond motifs is 1. The van der Waals surface area contributed by atoms with Gasteiger partial charge < -0.3 is 14.7 Å². The van der Waals surface area contributed by atoms with Gasteiger partial charge in [-0.05, 0) is 17.7 Å². The molecule has 1 unspecified atom stereocenters. The highest BCUT2D eigenvalue weighted by Crippen LogP contribution is 2.33. The number of methoxy groups -OCH3 is 1. The summed E-state index contributed by atoms with van der Waals surface area (Å²) >= 11 is 3.48. The quantitative estimate of drug-likeness (QED) is 0.892. The first-order valence-electron chi connectivity index (χ1n) is 7.13. The van der Waals surface area contributed by atoms with Gasteiger partial charge in [0.25, 0.3) is 0 Å². The third-order valence-corrected chi connectivity index (χ3v) is 4.54. The fourth-order valence-electron chi connectivity index (χ4n) is 2.98. The molecule has 4 heteroatoms. The zero-order valence-corrected chi connectivity index (χ0v) is 13.6. The molecule has 21 heavy (non-hydrogen) atoms. The lowest BCUT2D eigenvalue weighted by Gasteiger charge is -2.26. The summed E-state index contributed by atoms with van der Waals surface area (Å²) in [6, 6.07) is 12.4.